The fourth-order valence-electron chi connectivity index (χ4n) is 3.19. The fraction of sp³-hybridized carbons (Fsp3) is 0.120. The molecule has 4 rings (SSSR count). The Morgan fingerprint density at radius 3 is 2.53 bits per heavy atom. The molecule has 0 atom stereocenters. The van der Waals surface area contributed by atoms with Crippen molar-refractivity contribution in [2.45, 2.75) is 6.92 Å². The Bertz CT molecular complexity index is 1350. The van der Waals surface area contributed by atoms with Crippen molar-refractivity contribution in [2.75, 3.05) is 19.0 Å². The Balaban J connectivity index is 1.65. The molecular weight excluding hydrogens is 430 g/mol. The summed E-state index contributed by atoms with van der Waals surface area (Å²) in [6.45, 7) is 1.49. The largest absolute Gasteiger partial charge is 0.497 e. The number of benzene rings is 3. The lowest BCUT2D eigenvalue weighted by molar-refractivity contribution is -0.118. The number of rotatable bonds is 6. The van der Waals surface area contributed by atoms with Gasteiger partial charge in [-0.05, 0) is 61.0 Å². The van der Waals surface area contributed by atoms with Gasteiger partial charge < -0.3 is 19.2 Å². The highest BCUT2D eigenvalue weighted by Crippen LogP contribution is 2.32. The van der Waals surface area contributed by atoms with Crippen molar-refractivity contribution in [3.8, 4) is 22.8 Å². The Morgan fingerprint density at radius 1 is 1.06 bits per heavy atom. The van der Waals surface area contributed by atoms with E-state index >= 15 is 0 Å². The number of hydrogen-bond acceptors (Lipinski definition) is 5. The zero-order chi connectivity index (χ0) is 22.7. The number of aryl methyl sites for hydroxylation is 1. The van der Waals surface area contributed by atoms with Crippen molar-refractivity contribution in [3.05, 3.63) is 87.5 Å². The van der Waals surface area contributed by atoms with Crippen LogP contribution in [0.25, 0.3) is 22.3 Å². The molecule has 0 unspecified atom stereocenters. The smallest absolute Gasteiger partial charge is 0.262 e. The summed E-state index contributed by atoms with van der Waals surface area (Å²) in [7, 11) is 1.57. The van der Waals surface area contributed by atoms with E-state index in [0.717, 1.165) is 5.56 Å². The first-order valence-electron chi connectivity index (χ1n) is 9.85. The molecule has 0 bridgehead atoms. The first-order valence-corrected chi connectivity index (χ1v) is 10.2. The molecule has 0 saturated heterocycles. The van der Waals surface area contributed by atoms with Gasteiger partial charge >= 0.3 is 0 Å². The van der Waals surface area contributed by atoms with Crippen molar-refractivity contribution in [1.82, 2.24) is 0 Å². The highest BCUT2D eigenvalue weighted by molar-refractivity contribution is 6.31. The van der Waals surface area contributed by atoms with Crippen molar-refractivity contribution >= 4 is 34.2 Å². The number of methoxy groups -OCH3 is 1. The lowest BCUT2D eigenvalue weighted by Gasteiger charge is -2.12. The van der Waals surface area contributed by atoms with Crippen LogP contribution >= 0.6 is 11.6 Å². The maximum atomic E-state index is 13.1. The number of nitrogens with one attached hydrogen (secondary N) is 1. The quantitative estimate of drug-likeness (QED) is 0.423. The van der Waals surface area contributed by atoms with E-state index in [2.05, 4.69) is 5.32 Å². The van der Waals surface area contributed by atoms with Gasteiger partial charge in [-0.1, -0.05) is 29.8 Å². The number of anilines is 1. The summed E-state index contributed by atoms with van der Waals surface area (Å²) in [6.07, 6.45) is 0. The number of fused-ring (bicyclic) bond motifs is 1. The predicted molar refractivity (Wildman–Crippen MR) is 125 cm³/mol. The number of para-hydroxylation sites is 1. The van der Waals surface area contributed by atoms with Gasteiger partial charge in [0.1, 0.15) is 11.3 Å². The molecule has 4 aromatic rings. The second-order valence-corrected chi connectivity index (χ2v) is 7.52. The molecule has 0 aliphatic rings. The number of carbonyl (C=O) groups is 1. The number of hydrogen-bond donors (Lipinski definition) is 1. The van der Waals surface area contributed by atoms with Crippen LogP contribution in [0.2, 0.25) is 5.02 Å². The first kappa shape index (κ1) is 21.5. The monoisotopic (exact) mass is 449 g/mol. The Kier molecular flexibility index (Phi) is 6.14. The molecule has 0 fully saturated rings. The van der Waals surface area contributed by atoms with Crippen LogP contribution in [0.5, 0.6) is 11.5 Å². The van der Waals surface area contributed by atoms with Crippen LogP contribution in [0, 0.1) is 6.92 Å². The molecule has 6 nitrogen and oxygen atoms in total. The van der Waals surface area contributed by atoms with Gasteiger partial charge in [-0.2, -0.15) is 0 Å². The van der Waals surface area contributed by atoms with E-state index in [9.17, 15) is 9.59 Å². The maximum Gasteiger partial charge on any atom is 0.262 e. The fourth-order valence-corrected chi connectivity index (χ4v) is 3.37. The SMILES string of the molecule is COc1ccc(-c2oc3ccccc3c(=O)c2OCC(=O)Nc2ccc(C)c(Cl)c2)cc1. The van der Waals surface area contributed by atoms with Crippen LogP contribution in [-0.2, 0) is 4.79 Å². The molecule has 0 spiro atoms. The maximum absolute atomic E-state index is 13.1. The van der Waals surface area contributed by atoms with Crippen molar-refractivity contribution < 1.29 is 18.7 Å². The minimum atomic E-state index is -0.432. The minimum absolute atomic E-state index is 0.0362. The zero-order valence-corrected chi connectivity index (χ0v) is 18.2. The summed E-state index contributed by atoms with van der Waals surface area (Å²) < 4.78 is 16.9. The van der Waals surface area contributed by atoms with Crippen LogP contribution in [0.15, 0.2) is 75.9 Å². The Hall–Kier alpha value is -3.77. The van der Waals surface area contributed by atoms with Crippen LogP contribution < -0.4 is 20.2 Å². The molecule has 1 aromatic heterocycles. The summed E-state index contributed by atoms with van der Waals surface area (Å²) in [5, 5.41) is 3.62. The van der Waals surface area contributed by atoms with E-state index in [-0.39, 0.29) is 23.5 Å². The van der Waals surface area contributed by atoms with E-state index < -0.39 is 5.91 Å². The summed E-state index contributed by atoms with van der Waals surface area (Å²) >= 11 is 6.11. The summed E-state index contributed by atoms with van der Waals surface area (Å²) in [4.78, 5) is 25.6. The number of amides is 1. The molecule has 162 valence electrons. The molecule has 0 radical (unpaired) electrons. The summed E-state index contributed by atoms with van der Waals surface area (Å²) in [5.74, 6) is 0.433. The normalized spacial score (nSPS) is 10.7. The third-order valence-electron chi connectivity index (χ3n) is 4.91. The van der Waals surface area contributed by atoms with Gasteiger partial charge in [-0.3, -0.25) is 9.59 Å². The molecular formula is C25H20ClNO5. The second kappa shape index (κ2) is 9.16. The second-order valence-electron chi connectivity index (χ2n) is 7.11. The summed E-state index contributed by atoms with van der Waals surface area (Å²) in [5.41, 5.74) is 2.13. The molecule has 0 aliphatic carbocycles. The highest BCUT2D eigenvalue weighted by Gasteiger charge is 2.19. The number of halogens is 1. The molecule has 0 aliphatic heterocycles. The average Bonchev–Trinajstić information content (AvgIpc) is 2.81. The van der Waals surface area contributed by atoms with Gasteiger partial charge in [-0.25, -0.2) is 0 Å². The average molecular weight is 450 g/mol. The van der Waals surface area contributed by atoms with E-state index in [4.69, 9.17) is 25.5 Å². The third kappa shape index (κ3) is 4.45. The van der Waals surface area contributed by atoms with Crippen molar-refractivity contribution in [1.29, 1.82) is 0 Å². The third-order valence-corrected chi connectivity index (χ3v) is 5.32. The van der Waals surface area contributed by atoms with Gasteiger partial charge in [-0.15, -0.1) is 0 Å². The number of ether oxygens (including phenoxy) is 2. The van der Waals surface area contributed by atoms with Crippen LogP contribution in [0.4, 0.5) is 5.69 Å². The van der Waals surface area contributed by atoms with Gasteiger partial charge in [0, 0.05) is 16.3 Å². The van der Waals surface area contributed by atoms with Crippen LogP contribution in [0.1, 0.15) is 5.56 Å². The molecule has 3 aromatic carbocycles. The molecule has 1 amide bonds. The van der Waals surface area contributed by atoms with Gasteiger partial charge in [0.05, 0.1) is 12.5 Å². The Labute approximate surface area is 189 Å². The van der Waals surface area contributed by atoms with E-state index in [1.165, 1.54) is 0 Å². The van der Waals surface area contributed by atoms with Crippen LogP contribution in [-0.4, -0.2) is 19.6 Å². The van der Waals surface area contributed by atoms with Crippen molar-refractivity contribution in [2.24, 2.45) is 0 Å². The van der Waals surface area contributed by atoms with E-state index in [0.29, 0.717) is 33.0 Å². The van der Waals surface area contributed by atoms with E-state index in [1.54, 1.807) is 73.8 Å². The van der Waals surface area contributed by atoms with Gasteiger partial charge in [0.15, 0.2) is 12.4 Å². The first-order chi connectivity index (χ1) is 15.5. The zero-order valence-electron chi connectivity index (χ0n) is 17.5. The molecule has 1 N–H and O–H groups in total. The standard InChI is InChI=1S/C25H20ClNO5/c1-15-7-10-17(13-20(15)26)27-22(28)14-31-25-23(29)19-5-3-4-6-21(19)32-24(25)16-8-11-18(30-2)12-9-16/h3-13H,14H2,1-2H3,(H,27,28). The lowest BCUT2D eigenvalue weighted by atomic mass is 10.1. The lowest BCUT2D eigenvalue weighted by Crippen LogP contribution is -2.22. The number of carbonyl (C=O) groups excluding carboxylic acids is 1. The summed E-state index contributed by atoms with van der Waals surface area (Å²) in [6, 6.07) is 19.1. The predicted octanol–water partition coefficient (Wildman–Crippen LogP) is 5.45. The molecule has 0 saturated carbocycles. The minimum Gasteiger partial charge on any atom is -0.497 e. The topological polar surface area (TPSA) is 77.8 Å². The highest BCUT2D eigenvalue weighted by atomic mass is 35.5. The molecule has 1 heterocycles. The van der Waals surface area contributed by atoms with Crippen LogP contribution in [0.3, 0.4) is 0 Å². The van der Waals surface area contributed by atoms with E-state index in [1.807, 2.05) is 6.92 Å². The van der Waals surface area contributed by atoms with Crippen molar-refractivity contribution in [3.63, 3.8) is 0 Å². The van der Waals surface area contributed by atoms with Gasteiger partial charge in [0.25, 0.3) is 5.91 Å². The Morgan fingerprint density at radius 2 is 1.81 bits per heavy atom. The van der Waals surface area contributed by atoms with Gasteiger partial charge in [0.2, 0.25) is 11.2 Å². The molecule has 7 heteroatoms. The molecule has 32 heavy (non-hydrogen) atoms.